The third kappa shape index (κ3) is 5.57. The van der Waals surface area contributed by atoms with Gasteiger partial charge >= 0.3 is 0 Å². The van der Waals surface area contributed by atoms with Gasteiger partial charge in [-0.3, -0.25) is 4.79 Å². The first-order valence-electron chi connectivity index (χ1n) is 18.6. The summed E-state index contributed by atoms with van der Waals surface area (Å²) in [6, 6.07) is 12.1. The lowest BCUT2D eigenvalue weighted by molar-refractivity contribution is -0.121. The lowest BCUT2D eigenvalue weighted by Gasteiger charge is -2.51. The van der Waals surface area contributed by atoms with Gasteiger partial charge in [-0.2, -0.15) is 0 Å². The molecule has 3 heterocycles. The van der Waals surface area contributed by atoms with Crippen LogP contribution < -0.4 is 15.8 Å². The van der Waals surface area contributed by atoms with Crippen LogP contribution in [-0.4, -0.2) is 31.7 Å². The van der Waals surface area contributed by atoms with Crippen LogP contribution in [-0.2, 0) is 23.4 Å². The van der Waals surface area contributed by atoms with Gasteiger partial charge in [0, 0.05) is 47.9 Å². The molecule has 0 spiro atoms. The minimum Gasteiger partial charge on any atom is -0.504 e. The SMILES string of the molecule is CCCCC[C@@H](O)CC(=O)CCc1ccc(O)c(OCn2cc3[nH]cc([C@]45CCC[C@H]4[C@@H]4CCCC6=C4c4c(cccc45)[C@H](N)N6)c3c2)c1. The molecule has 0 bridgehead atoms. The number of fused-ring (bicyclic) bond motifs is 4. The Hall–Kier alpha value is -4.01. The van der Waals surface area contributed by atoms with Crippen molar-refractivity contribution in [3.63, 3.8) is 0 Å². The van der Waals surface area contributed by atoms with Gasteiger partial charge in [-0.15, -0.1) is 0 Å². The normalized spacial score (nSPS) is 24.4. The Bertz CT molecular complexity index is 1900. The summed E-state index contributed by atoms with van der Waals surface area (Å²) in [7, 11) is 0. The Morgan fingerprint density at radius 3 is 2.92 bits per heavy atom. The number of aliphatic hydroxyl groups is 1. The van der Waals surface area contributed by atoms with E-state index in [1.165, 1.54) is 59.0 Å². The lowest BCUT2D eigenvalue weighted by atomic mass is 9.53. The molecule has 1 fully saturated rings. The Balaban J connectivity index is 1.02. The highest BCUT2D eigenvalue weighted by atomic mass is 16.5. The summed E-state index contributed by atoms with van der Waals surface area (Å²) in [4.78, 5) is 16.1. The Morgan fingerprint density at radius 1 is 1.14 bits per heavy atom. The van der Waals surface area contributed by atoms with Crippen molar-refractivity contribution in [3.8, 4) is 11.5 Å². The molecule has 2 aromatic carbocycles. The van der Waals surface area contributed by atoms with Crippen molar-refractivity contribution in [1.82, 2.24) is 14.9 Å². The molecule has 8 nitrogen and oxygen atoms in total. The lowest BCUT2D eigenvalue weighted by Crippen LogP contribution is -2.46. The van der Waals surface area contributed by atoms with Crippen molar-refractivity contribution in [2.45, 2.75) is 115 Å². The van der Waals surface area contributed by atoms with Crippen LogP contribution in [0.5, 0.6) is 11.5 Å². The van der Waals surface area contributed by atoms with Crippen molar-refractivity contribution in [1.29, 1.82) is 0 Å². The number of phenols is 1. The maximum Gasteiger partial charge on any atom is 0.165 e. The van der Waals surface area contributed by atoms with Gasteiger partial charge in [0.25, 0.3) is 0 Å². The number of aromatic hydroxyl groups is 1. The predicted molar refractivity (Wildman–Crippen MR) is 192 cm³/mol. The van der Waals surface area contributed by atoms with Crippen molar-refractivity contribution >= 4 is 22.3 Å². The van der Waals surface area contributed by atoms with Crippen LogP contribution in [0.3, 0.4) is 0 Å². The van der Waals surface area contributed by atoms with E-state index in [2.05, 4.69) is 54.0 Å². The molecular formula is C41H50N4O4. The molecule has 1 saturated carbocycles. The quantitative estimate of drug-likeness (QED) is 0.0934. The maximum atomic E-state index is 12.5. The van der Waals surface area contributed by atoms with Gasteiger partial charge in [-0.25, -0.2) is 0 Å². The fourth-order valence-electron chi connectivity index (χ4n) is 9.91. The largest absolute Gasteiger partial charge is 0.504 e. The van der Waals surface area contributed by atoms with Crippen molar-refractivity contribution in [2.75, 3.05) is 0 Å². The van der Waals surface area contributed by atoms with Crippen LogP contribution in [0.25, 0.3) is 16.5 Å². The molecule has 8 rings (SSSR count). The summed E-state index contributed by atoms with van der Waals surface area (Å²) >= 11 is 0. The van der Waals surface area contributed by atoms with Gasteiger partial charge in [-0.05, 0) is 102 Å². The number of ketones is 1. The molecule has 0 saturated heterocycles. The highest BCUT2D eigenvalue weighted by Gasteiger charge is 2.56. The molecule has 0 unspecified atom stereocenters. The Labute approximate surface area is 288 Å². The number of rotatable bonds is 13. The summed E-state index contributed by atoms with van der Waals surface area (Å²) in [5.41, 5.74) is 17.1. The number of hydrogen-bond donors (Lipinski definition) is 5. The van der Waals surface area contributed by atoms with E-state index in [4.69, 9.17) is 10.5 Å². The van der Waals surface area contributed by atoms with Crippen LogP contribution in [0.15, 0.2) is 60.7 Å². The number of hydrogen-bond acceptors (Lipinski definition) is 6. The second kappa shape index (κ2) is 13.0. The van der Waals surface area contributed by atoms with Gasteiger partial charge in [0.05, 0.1) is 11.6 Å². The fraction of sp³-hybridized carbons (Fsp3) is 0.488. The van der Waals surface area contributed by atoms with Gasteiger partial charge in [0.15, 0.2) is 18.2 Å². The van der Waals surface area contributed by atoms with Crippen molar-refractivity contribution in [2.24, 2.45) is 17.6 Å². The third-order valence-corrected chi connectivity index (χ3v) is 12.1. The molecule has 1 aliphatic heterocycles. The number of allylic oxidation sites excluding steroid dienone is 2. The second-order valence-corrected chi connectivity index (χ2v) is 15.0. The number of nitrogens with one attached hydrogen (secondary N) is 2. The fourth-order valence-corrected chi connectivity index (χ4v) is 9.91. The van der Waals surface area contributed by atoms with Crippen LogP contribution in [0.2, 0.25) is 0 Å². The molecule has 4 aliphatic rings. The molecule has 4 aromatic rings. The van der Waals surface area contributed by atoms with E-state index in [1.807, 2.05) is 16.7 Å². The summed E-state index contributed by atoms with van der Waals surface area (Å²) in [5, 5.41) is 25.7. The van der Waals surface area contributed by atoms with E-state index in [1.54, 1.807) is 11.6 Å². The van der Waals surface area contributed by atoms with Crippen LogP contribution in [0.1, 0.15) is 118 Å². The number of carbonyl (C=O) groups excluding carboxylic acids is 1. The number of unbranched alkanes of at least 4 members (excludes halogenated alkanes) is 2. The molecule has 258 valence electrons. The number of Topliss-reactive ketones (excluding diaryl/α,β-unsaturated/α-hetero) is 1. The first-order valence-corrected chi connectivity index (χ1v) is 18.6. The molecule has 8 heteroatoms. The number of aromatic nitrogens is 2. The molecule has 2 aromatic heterocycles. The second-order valence-electron chi connectivity index (χ2n) is 15.0. The van der Waals surface area contributed by atoms with Crippen LogP contribution in [0.4, 0.5) is 0 Å². The van der Waals surface area contributed by atoms with E-state index in [9.17, 15) is 15.0 Å². The smallest absolute Gasteiger partial charge is 0.165 e. The van der Waals surface area contributed by atoms with E-state index >= 15 is 0 Å². The molecule has 49 heavy (non-hydrogen) atoms. The number of H-pyrrole nitrogens is 1. The van der Waals surface area contributed by atoms with Crippen LogP contribution in [0, 0.1) is 11.8 Å². The third-order valence-electron chi connectivity index (χ3n) is 12.1. The number of aromatic amines is 1. The molecule has 6 N–H and O–H groups in total. The van der Waals surface area contributed by atoms with Crippen LogP contribution >= 0.6 is 0 Å². The van der Waals surface area contributed by atoms with Gasteiger partial charge in [0.2, 0.25) is 0 Å². The summed E-state index contributed by atoms with van der Waals surface area (Å²) in [6.07, 6.45) is 17.8. The number of nitrogens with zero attached hydrogens (tertiary/aromatic N) is 1. The van der Waals surface area contributed by atoms with Gasteiger partial charge in [-0.1, -0.05) is 56.9 Å². The molecule has 3 aliphatic carbocycles. The number of phenolic OH excluding ortho intramolecular Hbond substituents is 1. The summed E-state index contributed by atoms with van der Waals surface area (Å²) in [6.45, 7) is 2.38. The average Bonchev–Trinajstić information content (AvgIpc) is 3.82. The molecule has 5 atom stereocenters. The summed E-state index contributed by atoms with van der Waals surface area (Å²) < 4.78 is 8.23. The van der Waals surface area contributed by atoms with E-state index in [-0.39, 0.29) is 36.3 Å². The number of aryl methyl sites for hydroxylation is 1. The first-order chi connectivity index (χ1) is 23.9. The zero-order valence-electron chi connectivity index (χ0n) is 28.6. The van der Waals surface area contributed by atoms with Gasteiger partial charge < -0.3 is 35.6 Å². The average molecular weight is 663 g/mol. The topological polar surface area (TPSA) is 126 Å². The molecule has 0 radical (unpaired) electrons. The highest BCUT2D eigenvalue weighted by Crippen LogP contribution is 2.65. The number of carbonyl (C=O) groups is 1. The minimum atomic E-state index is -0.564. The zero-order valence-corrected chi connectivity index (χ0v) is 28.6. The maximum absolute atomic E-state index is 12.5. The van der Waals surface area contributed by atoms with E-state index in [0.29, 0.717) is 36.8 Å². The van der Waals surface area contributed by atoms with Gasteiger partial charge in [0.1, 0.15) is 11.9 Å². The number of ether oxygens (including phenoxy) is 1. The minimum absolute atomic E-state index is 0.0615. The zero-order chi connectivity index (χ0) is 33.7. The molecular weight excluding hydrogens is 612 g/mol. The monoisotopic (exact) mass is 662 g/mol. The standard InChI is InChI=1S/C41H50N4O4/c1-2-3-4-8-26(46)20-27(47)16-14-25-15-17-36(48)37(19-25)49-24-45-22-30-33(21-43-35(30)23-45)41-18-7-12-31(41)28-9-6-13-34-39(28)38-29(40(42)44-34)10-5-11-32(38)41/h5,10-11,15,17,19,21-23,26,28,31,40,43-44,46,48H,2-4,6-9,12-14,16,18,20,24,42H2,1H3/t26-,28+,31+,40-,41-/m1/s1. The van der Waals surface area contributed by atoms with Crippen molar-refractivity contribution in [3.05, 3.63) is 88.5 Å². The number of aliphatic hydroxyl groups excluding tert-OH is 1. The predicted octanol–water partition coefficient (Wildman–Crippen LogP) is 7.72. The number of nitrogens with two attached hydrogens (primary N) is 1. The summed E-state index contributed by atoms with van der Waals surface area (Å²) in [5.74, 6) is 1.62. The number of benzene rings is 2. The van der Waals surface area contributed by atoms with E-state index in [0.717, 1.165) is 43.2 Å². The van der Waals surface area contributed by atoms with Crippen molar-refractivity contribution < 1.29 is 19.7 Å². The Morgan fingerprint density at radius 2 is 2.04 bits per heavy atom. The van der Waals surface area contributed by atoms with E-state index < -0.39 is 6.10 Å². The first kappa shape index (κ1) is 32.2. The Kier molecular flexibility index (Phi) is 8.57. The highest BCUT2D eigenvalue weighted by molar-refractivity contribution is 5.88. The molecule has 0 amide bonds.